The Morgan fingerprint density at radius 1 is 1.37 bits per heavy atom. The van der Waals surface area contributed by atoms with Crippen LogP contribution in [0.3, 0.4) is 0 Å². The van der Waals surface area contributed by atoms with Crippen LogP contribution in [0.1, 0.15) is 32.6 Å². The number of halogens is 1. The Kier molecular flexibility index (Phi) is 8.56. The fourth-order valence-electron chi connectivity index (χ4n) is 1.95. The van der Waals surface area contributed by atoms with Crippen molar-refractivity contribution in [3.8, 4) is 0 Å². The molecule has 1 fully saturated rings. The van der Waals surface area contributed by atoms with Gasteiger partial charge in [-0.05, 0) is 32.6 Å². The lowest BCUT2D eigenvalue weighted by atomic mass is 10.1. The number of nitrogens with one attached hydrogen (secondary N) is 1. The number of likely N-dealkylation sites (tertiary alicyclic amines) is 1. The molecule has 0 aromatic rings. The van der Waals surface area contributed by atoms with Gasteiger partial charge in [0.25, 0.3) is 0 Å². The second-order valence-electron chi connectivity index (χ2n) is 4.58. The predicted octanol–water partition coefficient (Wildman–Crippen LogP) is 0.0774. The summed E-state index contributed by atoms with van der Waals surface area (Å²) in [6.45, 7) is 3.53. The Morgan fingerprint density at radius 2 is 1.95 bits per heavy atom. The summed E-state index contributed by atoms with van der Waals surface area (Å²) in [6.07, 6.45) is 3.20. The van der Waals surface area contributed by atoms with Crippen LogP contribution in [-0.4, -0.2) is 50.7 Å². The first kappa shape index (κ1) is 18.6. The zero-order chi connectivity index (χ0) is 13.6. The highest BCUT2D eigenvalue weighted by Gasteiger charge is 2.23. The summed E-state index contributed by atoms with van der Waals surface area (Å²) in [7, 11) is -3.14. The molecule has 0 spiro atoms. The van der Waals surface area contributed by atoms with Gasteiger partial charge in [0.05, 0.1) is 11.8 Å². The first-order chi connectivity index (χ1) is 8.46. The molecule has 1 atom stereocenters. The second-order valence-corrected chi connectivity index (χ2v) is 6.67. The standard InChI is InChI=1S/C11H23N3O3S.ClH/c1-2-18(16,17)13-7-5-6-10(12)11(15)14-8-3-4-9-14;/h10,13H,2-9,12H2,1H3;1H/t10-;/m0./s1. The maximum Gasteiger partial charge on any atom is 0.239 e. The smallest absolute Gasteiger partial charge is 0.239 e. The zero-order valence-corrected chi connectivity index (χ0v) is 12.9. The van der Waals surface area contributed by atoms with E-state index in [9.17, 15) is 13.2 Å². The van der Waals surface area contributed by atoms with E-state index in [1.807, 2.05) is 0 Å². The summed E-state index contributed by atoms with van der Waals surface area (Å²) in [5, 5.41) is 0. The summed E-state index contributed by atoms with van der Waals surface area (Å²) in [5.41, 5.74) is 5.81. The molecule has 1 amide bonds. The Labute approximate surface area is 121 Å². The molecule has 1 aliphatic rings. The molecule has 0 aliphatic carbocycles. The number of nitrogens with zero attached hydrogens (tertiary/aromatic N) is 1. The van der Waals surface area contributed by atoms with Gasteiger partial charge in [-0.2, -0.15) is 0 Å². The number of hydrogen-bond donors (Lipinski definition) is 2. The minimum Gasteiger partial charge on any atom is -0.341 e. The minimum atomic E-state index is -3.14. The molecule has 3 N–H and O–H groups in total. The van der Waals surface area contributed by atoms with Crippen molar-refractivity contribution < 1.29 is 13.2 Å². The van der Waals surface area contributed by atoms with Crippen LogP contribution in [0.4, 0.5) is 0 Å². The van der Waals surface area contributed by atoms with E-state index < -0.39 is 16.1 Å². The van der Waals surface area contributed by atoms with E-state index in [0.29, 0.717) is 19.4 Å². The van der Waals surface area contributed by atoms with Gasteiger partial charge in [0.2, 0.25) is 15.9 Å². The van der Waals surface area contributed by atoms with Crippen LogP contribution in [0, 0.1) is 0 Å². The van der Waals surface area contributed by atoms with Crippen LogP contribution < -0.4 is 10.5 Å². The van der Waals surface area contributed by atoms with Crippen LogP contribution in [0.25, 0.3) is 0 Å². The summed E-state index contributed by atoms with van der Waals surface area (Å²) in [4.78, 5) is 13.6. The SMILES string of the molecule is CCS(=O)(=O)NCCC[C@H](N)C(=O)N1CCCC1.Cl. The Hall–Kier alpha value is -0.370. The largest absolute Gasteiger partial charge is 0.341 e. The molecule has 0 radical (unpaired) electrons. The first-order valence-electron chi connectivity index (χ1n) is 6.48. The molecule has 0 bridgehead atoms. The van der Waals surface area contributed by atoms with E-state index in [-0.39, 0.29) is 24.1 Å². The lowest BCUT2D eigenvalue weighted by Crippen LogP contribution is -2.42. The normalized spacial score (nSPS) is 17.1. The molecule has 8 heteroatoms. The number of amides is 1. The lowest BCUT2D eigenvalue weighted by molar-refractivity contribution is -0.131. The summed E-state index contributed by atoms with van der Waals surface area (Å²) >= 11 is 0. The number of sulfonamides is 1. The minimum absolute atomic E-state index is 0. The predicted molar refractivity (Wildman–Crippen MR) is 77.7 cm³/mol. The summed E-state index contributed by atoms with van der Waals surface area (Å²) in [6, 6.07) is -0.505. The summed E-state index contributed by atoms with van der Waals surface area (Å²) in [5.74, 6) is 0.0667. The third-order valence-corrected chi connectivity index (χ3v) is 4.53. The van der Waals surface area contributed by atoms with Gasteiger partial charge in [0.1, 0.15) is 0 Å². The van der Waals surface area contributed by atoms with Gasteiger partial charge in [0, 0.05) is 19.6 Å². The van der Waals surface area contributed by atoms with Gasteiger partial charge in [-0.15, -0.1) is 12.4 Å². The highest BCUT2D eigenvalue weighted by molar-refractivity contribution is 7.89. The number of carbonyl (C=O) groups excluding carboxylic acids is 1. The lowest BCUT2D eigenvalue weighted by Gasteiger charge is -2.20. The molecule has 0 saturated carbocycles. The van der Waals surface area contributed by atoms with E-state index in [4.69, 9.17) is 5.73 Å². The van der Waals surface area contributed by atoms with E-state index in [1.165, 1.54) is 0 Å². The van der Waals surface area contributed by atoms with Crippen molar-refractivity contribution in [2.75, 3.05) is 25.4 Å². The number of rotatable bonds is 7. The second kappa shape index (κ2) is 8.73. The van der Waals surface area contributed by atoms with Gasteiger partial charge < -0.3 is 10.6 Å². The van der Waals surface area contributed by atoms with Crippen molar-refractivity contribution in [1.82, 2.24) is 9.62 Å². The van der Waals surface area contributed by atoms with Crippen LogP contribution in [0.2, 0.25) is 0 Å². The Balaban J connectivity index is 0.00000324. The number of carbonyl (C=O) groups is 1. The van der Waals surface area contributed by atoms with E-state index >= 15 is 0 Å². The topological polar surface area (TPSA) is 92.5 Å². The van der Waals surface area contributed by atoms with Crippen LogP contribution in [0.15, 0.2) is 0 Å². The molecule has 19 heavy (non-hydrogen) atoms. The van der Waals surface area contributed by atoms with Crippen molar-refractivity contribution in [3.05, 3.63) is 0 Å². The molecule has 1 saturated heterocycles. The molecule has 0 aromatic heterocycles. The van der Waals surface area contributed by atoms with Gasteiger partial charge >= 0.3 is 0 Å². The van der Waals surface area contributed by atoms with Crippen LogP contribution in [-0.2, 0) is 14.8 Å². The third-order valence-electron chi connectivity index (χ3n) is 3.13. The van der Waals surface area contributed by atoms with Crippen molar-refractivity contribution in [1.29, 1.82) is 0 Å². The fourth-order valence-corrected chi connectivity index (χ4v) is 2.61. The zero-order valence-electron chi connectivity index (χ0n) is 11.3. The van der Waals surface area contributed by atoms with Crippen molar-refractivity contribution in [2.45, 2.75) is 38.6 Å². The Bertz CT molecular complexity index is 369. The molecule has 1 aliphatic heterocycles. The van der Waals surface area contributed by atoms with Gasteiger partial charge in [-0.25, -0.2) is 13.1 Å². The molecule has 1 heterocycles. The van der Waals surface area contributed by atoms with Crippen molar-refractivity contribution in [3.63, 3.8) is 0 Å². The molecule has 0 unspecified atom stereocenters. The molecule has 0 aromatic carbocycles. The average molecular weight is 314 g/mol. The Morgan fingerprint density at radius 3 is 2.47 bits per heavy atom. The number of nitrogens with two attached hydrogens (primary N) is 1. The van der Waals surface area contributed by atoms with E-state index in [0.717, 1.165) is 25.9 Å². The number of hydrogen-bond acceptors (Lipinski definition) is 4. The van der Waals surface area contributed by atoms with E-state index in [1.54, 1.807) is 11.8 Å². The summed E-state index contributed by atoms with van der Waals surface area (Å²) < 4.78 is 24.8. The van der Waals surface area contributed by atoms with Crippen LogP contribution >= 0.6 is 12.4 Å². The maximum absolute atomic E-state index is 11.9. The molecule has 114 valence electrons. The molecular weight excluding hydrogens is 290 g/mol. The van der Waals surface area contributed by atoms with Crippen molar-refractivity contribution in [2.24, 2.45) is 5.73 Å². The third kappa shape index (κ3) is 6.56. The van der Waals surface area contributed by atoms with Crippen LogP contribution in [0.5, 0.6) is 0 Å². The average Bonchev–Trinajstić information content (AvgIpc) is 2.87. The van der Waals surface area contributed by atoms with E-state index in [2.05, 4.69) is 4.72 Å². The molecule has 1 rings (SSSR count). The fraction of sp³-hybridized carbons (Fsp3) is 0.909. The monoisotopic (exact) mass is 313 g/mol. The van der Waals surface area contributed by atoms with Gasteiger partial charge in [-0.3, -0.25) is 4.79 Å². The van der Waals surface area contributed by atoms with Gasteiger partial charge in [0.15, 0.2) is 0 Å². The highest BCUT2D eigenvalue weighted by atomic mass is 35.5. The van der Waals surface area contributed by atoms with Gasteiger partial charge in [-0.1, -0.05) is 0 Å². The van der Waals surface area contributed by atoms with Crippen molar-refractivity contribution >= 4 is 28.3 Å². The highest BCUT2D eigenvalue weighted by Crippen LogP contribution is 2.10. The quantitative estimate of drug-likeness (QED) is 0.651. The molecule has 6 nitrogen and oxygen atoms in total. The maximum atomic E-state index is 11.9. The first-order valence-corrected chi connectivity index (χ1v) is 8.13. The molecular formula is C11H24ClN3O3S.